The molecule has 3 aliphatic rings. The number of aromatic nitrogens is 6. The zero-order valence-corrected chi connectivity index (χ0v) is 18.4. The predicted molar refractivity (Wildman–Crippen MR) is 118 cm³/mol. The summed E-state index contributed by atoms with van der Waals surface area (Å²) in [5.41, 5.74) is 6.14. The third kappa shape index (κ3) is 3.10. The van der Waals surface area contributed by atoms with Crippen LogP contribution in [0.1, 0.15) is 42.3 Å². The number of hydrogen-bond donors (Lipinski definition) is 0. The summed E-state index contributed by atoms with van der Waals surface area (Å²) in [4.78, 5) is 9.36. The molecule has 7 rings (SSSR count). The van der Waals surface area contributed by atoms with E-state index < -0.39 is 0 Å². The molecule has 5 heterocycles. The molecule has 2 aliphatic heterocycles. The van der Waals surface area contributed by atoms with Gasteiger partial charge in [0.25, 0.3) is 5.89 Å². The quantitative estimate of drug-likeness (QED) is 0.409. The maximum atomic E-state index is 5.63. The Labute approximate surface area is 190 Å². The lowest BCUT2D eigenvalue weighted by atomic mass is 10.0. The van der Waals surface area contributed by atoms with E-state index in [1.54, 1.807) is 7.11 Å². The molecular formula is C24H24N6O3. The molecule has 1 atom stereocenters. The summed E-state index contributed by atoms with van der Waals surface area (Å²) in [5.74, 6) is 2.99. The molecule has 168 valence electrons. The number of methoxy groups -OCH3 is 1. The number of rotatable bonds is 5. The van der Waals surface area contributed by atoms with Crippen LogP contribution in [0.5, 0.6) is 5.75 Å². The van der Waals surface area contributed by atoms with Gasteiger partial charge in [0.15, 0.2) is 11.5 Å². The van der Waals surface area contributed by atoms with Gasteiger partial charge in [0, 0.05) is 42.5 Å². The first-order chi connectivity index (χ1) is 16.3. The molecule has 2 fully saturated rings. The molecule has 0 spiro atoms. The van der Waals surface area contributed by atoms with E-state index in [9.17, 15) is 0 Å². The van der Waals surface area contributed by atoms with E-state index in [1.807, 2.05) is 18.6 Å². The van der Waals surface area contributed by atoms with Crippen molar-refractivity contribution in [3.63, 3.8) is 0 Å². The smallest absolute Gasteiger partial charge is 0.278 e. The molecule has 0 bridgehead atoms. The molecule has 1 unspecified atom stereocenters. The van der Waals surface area contributed by atoms with Crippen molar-refractivity contribution in [1.29, 1.82) is 0 Å². The Hall–Kier alpha value is -3.46. The summed E-state index contributed by atoms with van der Waals surface area (Å²) in [5, 5.41) is 8.99. The second kappa shape index (κ2) is 7.28. The molecule has 1 saturated carbocycles. The van der Waals surface area contributed by atoms with Crippen LogP contribution < -0.4 is 4.74 Å². The van der Waals surface area contributed by atoms with Crippen LogP contribution in [0.25, 0.3) is 28.5 Å². The lowest BCUT2D eigenvalue weighted by molar-refractivity contribution is 0.181. The number of nitrogens with zero attached hydrogens (tertiary/aromatic N) is 6. The Balaban J connectivity index is 1.38. The fourth-order valence-corrected chi connectivity index (χ4v) is 4.97. The topological polar surface area (TPSA) is 93.0 Å². The lowest BCUT2D eigenvalue weighted by Crippen LogP contribution is -2.13. The molecule has 0 radical (unpaired) electrons. The average Bonchev–Trinajstić information content (AvgIpc) is 3.21. The molecule has 0 amide bonds. The number of hydrogen-bond acceptors (Lipinski definition) is 7. The zero-order chi connectivity index (χ0) is 21.9. The highest BCUT2D eigenvalue weighted by Gasteiger charge is 2.32. The summed E-state index contributed by atoms with van der Waals surface area (Å²) >= 11 is 0. The van der Waals surface area contributed by atoms with Gasteiger partial charge in [-0.1, -0.05) is 5.16 Å². The van der Waals surface area contributed by atoms with E-state index in [-0.39, 0.29) is 0 Å². The largest absolute Gasteiger partial charge is 0.497 e. The molecule has 4 aromatic rings. The van der Waals surface area contributed by atoms with Crippen LogP contribution in [0.15, 0.2) is 35.2 Å². The van der Waals surface area contributed by atoms with Crippen LogP contribution in [0.4, 0.5) is 0 Å². The van der Waals surface area contributed by atoms with Gasteiger partial charge < -0.3 is 18.6 Å². The van der Waals surface area contributed by atoms with Crippen LogP contribution in [-0.2, 0) is 17.7 Å². The van der Waals surface area contributed by atoms with Gasteiger partial charge in [-0.3, -0.25) is 4.68 Å². The Morgan fingerprint density at radius 3 is 2.97 bits per heavy atom. The Morgan fingerprint density at radius 1 is 1.21 bits per heavy atom. The van der Waals surface area contributed by atoms with Crippen molar-refractivity contribution >= 4 is 0 Å². The monoisotopic (exact) mass is 444 g/mol. The molecule has 1 saturated heterocycles. The third-order valence-electron chi connectivity index (χ3n) is 6.90. The van der Waals surface area contributed by atoms with E-state index in [2.05, 4.69) is 31.5 Å². The van der Waals surface area contributed by atoms with Gasteiger partial charge in [0.05, 0.1) is 37.0 Å². The molecule has 9 heteroatoms. The van der Waals surface area contributed by atoms with Crippen molar-refractivity contribution in [2.75, 3.05) is 20.3 Å². The van der Waals surface area contributed by atoms with Crippen molar-refractivity contribution in [3.05, 3.63) is 47.8 Å². The minimum absolute atomic E-state index is 0.432. The first kappa shape index (κ1) is 19.0. The fraction of sp³-hybridized carbons (Fsp3) is 0.417. The number of ether oxygens (including phenoxy) is 2. The van der Waals surface area contributed by atoms with Gasteiger partial charge in [0.2, 0.25) is 0 Å². The van der Waals surface area contributed by atoms with Gasteiger partial charge >= 0.3 is 0 Å². The van der Waals surface area contributed by atoms with Crippen LogP contribution in [0.2, 0.25) is 0 Å². The summed E-state index contributed by atoms with van der Waals surface area (Å²) in [6.45, 7) is 2.45. The SMILES string of the molecule is COc1ccc2c(c1)-c1c(cnn1CC1CCOC1)Cc1c(-c3nc(C4CC4)no3)ncn1-2. The maximum absolute atomic E-state index is 5.63. The van der Waals surface area contributed by atoms with Crippen LogP contribution >= 0.6 is 0 Å². The van der Waals surface area contributed by atoms with Crippen molar-refractivity contribution in [2.45, 2.75) is 38.1 Å². The molecule has 0 N–H and O–H groups in total. The average molecular weight is 444 g/mol. The second-order valence-corrected chi connectivity index (χ2v) is 9.13. The van der Waals surface area contributed by atoms with Crippen LogP contribution in [0.3, 0.4) is 0 Å². The van der Waals surface area contributed by atoms with E-state index in [0.717, 1.165) is 84.5 Å². The molecule has 3 aromatic heterocycles. The van der Waals surface area contributed by atoms with Crippen molar-refractivity contribution in [2.24, 2.45) is 5.92 Å². The van der Waals surface area contributed by atoms with Gasteiger partial charge in [-0.25, -0.2) is 4.98 Å². The minimum atomic E-state index is 0.432. The second-order valence-electron chi connectivity index (χ2n) is 9.13. The standard InChI is InChI=1S/C24H24N6O3/c1-31-17-4-5-19-18(9-17)22-16(10-26-30(22)11-14-6-7-32-12-14)8-20-21(25-13-29(19)20)24-27-23(28-33-24)15-2-3-15/h4-5,9-10,13-15H,2-3,6-8,11-12H2,1H3. The lowest BCUT2D eigenvalue weighted by Gasteiger charge is -2.15. The van der Waals surface area contributed by atoms with Gasteiger partial charge in [-0.05, 0) is 37.5 Å². The minimum Gasteiger partial charge on any atom is -0.497 e. The Morgan fingerprint density at radius 2 is 2.15 bits per heavy atom. The van der Waals surface area contributed by atoms with Crippen molar-refractivity contribution in [1.82, 2.24) is 29.5 Å². The predicted octanol–water partition coefficient (Wildman–Crippen LogP) is 3.61. The summed E-state index contributed by atoms with van der Waals surface area (Å²) in [6.07, 6.45) is 7.82. The number of benzene rings is 1. The van der Waals surface area contributed by atoms with E-state index in [0.29, 0.717) is 24.1 Å². The highest BCUT2D eigenvalue weighted by Crippen LogP contribution is 2.41. The highest BCUT2D eigenvalue weighted by molar-refractivity contribution is 5.77. The fourth-order valence-electron chi connectivity index (χ4n) is 4.97. The highest BCUT2D eigenvalue weighted by atomic mass is 16.5. The van der Waals surface area contributed by atoms with E-state index in [4.69, 9.17) is 24.1 Å². The molecular weight excluding hydrogens is 420 g/mol. The van der Waals surface area contributed by atoms with Gasteiger partial charge in [-0.15, -0.1) is 0 Å². The summed E-state index contributed by atoms with van der Waals surface area (Å²) in [7, 11) is 1.69. The summed E-state index contributed by atoms with van der Waals surface area (Å²) in [6, 6.07) is 6.15. The van der Waals surface area contributed by atoms with E-state index in [1.165, 1.54) is 0 Å². The number of imidazole rings is 1. The van der Waals surface area contributed by atoms with Gasteiger partial charge in [-0.2, -0.15) is 10.1 Å². The molecule has 33 heavy (non-hydrogen) atoms. The van der Waals surface area contributed by atoms with Gasteiger partial charge in [0.1, 0.15) is 12.1 Å². The Bertz CT molecular complexity index is 1340. The molecule has 1 aromatic carbocycles. The molecule has 1 aliphatic carbocycles. The summed E-state index contributed by atoms with van der Waals surface area (Å²) < 4.78 is 21.1. The normalized spacial score (nSPS) is 19.1. The van der Waals surface area contributed by atoms with Crippen molar-refractivity contribution < 1.29 is 14.0 Å². The Kier molecular flexibility index (Phi) is 4.20. The zero-order valence-electron chi connectivity index (χ0n) is 18.4. The third-order valence-corrected chi connectivity index (χ3v) is 6.90. The molecule has 9 nitrogen and oxygen atoms in total. The first-order valence-corrected chi connectivity index (χ1v) is 11.5. The van der Waals surface area contributed by atoms with Crippen LogP contribution in [-0.4, -0.2) is 49.8 Å². The maximum Gasteiger partial charge on any atom is 0.278 e. The van der Waals surface area contributed by atoms with Crippen LogP contribution in [0, 0.1) is 5.92 Å². The van der Waals surface area contributed by atoms with Crippen molar-refractivity contribution in [3.8, 4) is 34.3 Å². The number of fused-ring (bicyclic) bond motifs is 5. The van der Waals surface area contributed by atoms with E-state index >= 15 is 0 Å². The first-order valence-electron chi connectivity index (χ1n) is 11.5.